The van der Waals surface area contributed by atoms with Crippen molar-refractivity contribution in [3.05, 3.63) is 65.9 Å². The summed E-state index contributed by atoms with van der Waals surface area (Å²) in [6.07, 6.45) is 5.12. The number of aryl methyl sites for hydroxylation is 2. The summed E-state index contributed by atoms with van der Waals surface area (Å²) >= 11 is 0. The van der Waals surface area contributed by atoms with Gasteiger partial charge in [0.2, 0.25) is 0 Å². The van der Waals surface area contributed by atoms with Gasteiger partial charge in [0.15, 0.2) is 11.5 Å². The van der Waals surface area contributed by atoms with Crippen LogP contribution < -0.4 is 4.90 Å². The molecule has 0 radical (unpaired) electrons. The number of hydrogen-bond donors (Lipinski definition) is 0. The first-order valence-corrected chi connectivity index (χ1v) is 9.05. The SMILES string of the molecule is Cc1ccc(C)c(N2CCN(C(=O)c3ccc(-n4ccnc4)nn3)CC2)c1. The highest BCUT2D eigenvalue weighted by atomic mass is 16.2. The summed E-state index contributed by atoms with van der Waals surface area (Å²) in [4.78, 5) is 20.9. The summed E-state index contributed by atoms with van der Waals surface area (Å²) in [7, 11) is 0. The van der Waals surface area contributed by atoms with Gasteiger partial charge in [-0.25, -0.2) is 4.98 Å². The van der Waals surface area contributed by atoms with E-state index in [0.717, 1.165) is 13.1 Å². The summed E-state index contributed by atoms with van der Waals surface area (Å²) in [5.74, 6) is 0.573. The topological polar surface area (TPSA) is 67.2 Å². The third-order valence-electron chi connectivity index (χ3n) is 4.91. The van der Waals surface area contributed by atoms with E-state index in [0.29, 0.717) is 24.6 Å². The Morgan fingerprint density at radius 3 is 2.48 bits per heavy atom. The molecule has 0 unspecified atom stereocenters. The molecule has 0 N–H and O–H groups in total. The van der Waals surface area contributed by atoms with Crippen LogP contribution in [0.25, 0.3) is 5.82 Å². The maximum Gasteiger partial charge on any atom is 0.274 e. The fraction of sp³-hybridized carbons (Fsp3) is 0.300. The second-order valence-electron chi connectivity index (χ2n) is 6.82. The molecule has 7 heteroatoms. The van der Waals surface area contributed by atoms with Gasteiger partial charge in [-0.3, -0.25) is 9.36 Å². The number of hydrogen-bond acceptors (Lipinski definition) is 5. The fourth-order valence-electron chi connectivity index (χ4n) is 3.34. The van der Waals surface area contributed by atoms with Crippen LogP contribution in [0.3, 0.4) is 0 Å². The van der Waals surface area contributed by atoms with E-state index < -0.39 is 0 Å². The van der Waals surface area contributed by atoms with Crippen molar-refractivity contribution in [3.8, 4) is 5.82 Å². The van der Waals surface area contributed by atoms with Crippen molar-refractivity contribution < 1.29 is 4.79 Å². The lowest BCUT2D eigenvalue weighted by Gasteiger charge is -2.36. The highest BCUT2D eigenvalue weighted by Gasteiger charge is 2.24. The first-order chi connectivity index (χ1) is 13.1. The molecule has 1 aliphatic rings. The Labute approximate surface area is 158 Å². The number of anilines is 1. The van der Waals surface area contributed by atoms with Crippen LogP contribution in [-0.2, 0) is 0 Å². The number of aromatic nitrogens is 4. The number of nitrogens with zero attached hydrogens (tertiary/aromatic N) is 6. The van der Waals surface area contributed by atoms with Crippen LogP contribution in [0.1, 0.15) is 21.6 Å². The summed E-state index contributed by atoms with van der Waals surface area (Å²) in [6.45, 7) is 7.22. The average Bonchev–Trinajstić information content (AvgIpc) is 3.24. The Morgan fingerprint density at radius 1 is 1.00 bits per heavy atom. The Balaban J connectivity index is 1.42. The molecule has 0 atom stereocenters. The van der Waals surface area contributed by atoms with Crippen LogP contribution in [0.4, 0.5) is 5.69 Å². The maximum atomic E-state index is 12.7. The summed E-state index contributed by atoms with van der Waals surface area (Å²) in [6, 6.07) is 10.0. The van der Waals surface area contributed by atoms with E-state index in [9.17, 15) is 4.79 Å². The molecular weight excluding hydrogens is 340 g/mol. The number of amides is 1. The van der Waals surface area contributed by atoms with Crippen LogP contribution in [0.5, 0.6) is 0 Å². The molecule has 0 bridgehead atoms. The molecule has 1 aromatic carbocycles. The minimum absolute atomic E-state index is 0.0692. The zero-order valence-electron chi connectivity index (χ0n) is 15.5. The van der Waals surface area contributed by atoms with E-state index in [1.807, 2.05) is 4.90 Å². The van der Waals surface area contributed by atoms with Gasteiger partial charge in [-0.1, -0.05) is 12.1 Å². The van der Waals surface area contributed by atoms with E-state index in [2.05, 4.69) is 52.1 Å². The van der Waals surface area contributed by atoms with Crippen molar-refractivity contribution in [2.75, 3.05) is 31.1 Å². The van der Waals surface area contributed by atoms with Crippen molar-refractivity contribution in [1.29, 1.82) is 0 Å². The van der Waals surface area contributed by atoms with Crippen LogP contribution in [-0.4, -0.2) is 56.7 Å². The van der Waals surface area contributed by atoms with Gasteiger partial charge in [-0.15, -0.1) is 10.2 Å². The molecule has 4 rings (SSSR count). The van der Waals surface area contributed by atoms with Crippen LogP contribution in [0.2, 0.25) is 0 Å². The van der Waals surface area contributed by atoms with Gasteiger partial charge in [-0.05, 0) is 43.2 Å². The van der Waals surface area contributed by atoms with Gasteiger partial charge < -0.3 is 9.80 Å². The largest absolute Gasteiger partial charge is 0.368 e. The second kappa shape index (κ2) is 7.19. The molecule has 3 aromatic rings. The predicted molar refractivity (Wildman–Crippen MR) is 103 cm³/mol. The van der Waals surface area contributed by atoms with Gasteiger partial charge in [0.25, 0.3) is 5.91 Å². The van der Waals surface area contributed by atoms with Gasteiger partial charge in [0.05, 0.1) is 0 Å². The number of benzene rings is 1. The molecule has 27 heavy (non-hydrogen) atoms. The number of carbonyl (C=O) groups excluding carboxylic acids is 1. The van der Waals surface area contributed by atoms with Crippen molar-refractivity contribution in [1.82, 2.24) is 24.6 Å². The molecule has 1 fully saturated rings. The maximum absolute atomic E-state index is 12.7. The Bertz CT molecular complexity index is 928. The summed E-state index contributed by atoms with van der Waals surface area (Å²) in [5.41, 5.74) is 4.15. The van der Waals surface area contributed by atoms with Gasteiger partial charge >= 0.3 is 0 Å². The van der Waals surface area contributed by atoms with Gasteiger partial charge in [0, 0.05) is 44.3 Å². The molecule has 7 nitrogen and oxygen atoms in total. The molecule has 1 amide bonds. The van der Waals surface area contributed by atoms with Crippen molar-refractivity contribution in [2.45, 2.75) is 13.8 Å². The second-order valence-corrected chi connectivity index (χ2v) is 6.82. The lowest BCUT2D eigenvalue weighted by atomic mass is 10.1. The zero-order chi connectivity index (χ0) is 18.8. The minimum atomic E-state index is -0.0692. The predicted octanol–water partition coefficient (Wildman–Crippen LogP) is 2.24. The lowest BCUT2D eigenvalue weighted by Crippen LogP contribution is -2.49. The normalized spacial score (nSPS) is 14.4. The Morgan fingerprint density at radius 2 is 1.81 bits per heavy atom. The smallest absolute Gasteiger partial charge is 0.274 e. The number of piperazine rings is 1. The van der Waals surface area contributed by atoms with Crippen LogP contribution in [0, 0.1) is 13.8 Å². The van der Waals surface area contributed by atoms with Crippen molar-refractivity contribution >= 4 is 11.6 Å². The molecule has 1 aliphatic heterocycles. The summed E-state index contributed by atoms with van der Waals surface area (Å²) in [5, 5.41) is 8.25. The first-order valence-electron chi connectivity index (χ1n) is 9.05. The van der Waals surface area contributed by atoms with Gasteiger partial charge in [0.1, 0.15) is 6.33 Å². The van der Waals surface area contributed by atoms with Crippen LogP contribution in [0.15, 0.2) is 49.1 Å². The zero-order valence-corrected chi connectivity index (χ0v) is 15.5. The lowest BCUT2D eigenvalue weighted by molar-refractivity contribution is 0.0739. The molecule has 138 valence electrons. The highest BCUT2D eigenvalue weighted by molar-refractivity contribution is 5.92. The molecule has 2 aromatic heterocycles. The average molecular weight is 362 g/mol. The molecular formula is C20H22N6O. The quantitative estimate of drug-likeness (QED) is 0.715. The first kappa shape index (κ1) is 17.2. The van der Waals surface area contributed by atoms with E-state index in [1.54, 1.807) is 35.4 Å². The molecule has 1 saturated heterocycles. The van der Waals surface area contributed by atoms with Crippen LogP contribution >= 0.6 is 0 Å². The van der Waals surface area contributed by atoms with Crippen molar-refractivity contribution in [3.63, 3.8) is 0 Å². The monoisotopic (exact) mass is 362 g/mol. The van der Waals surface area contributed by atoms with E-state index in [-0.39, 0.29) is 5.91 Å². The molecule has 0 saturated carbocycles. The highest BCUT2D eigenvalue weighted by Crippen LogP contribution is 2.23. The Kier molecular flexibility index (Phi) is 4.58. The third kappa shape index (κ3) is 3.53. The molecule has 0 aliphatic carbocycles. The third-order valence-corrected chi connectivity index (χ3v) is 4.91. The number of imidazole rings is 1. The van der Waals surface area contributed by atoms with E-state index in [1.165, 1.54) is 16.8 Å². The van der Waals surface area contributed by atoms with E-state index in [4.69, 9.17) is 0 Å². The Hall–Kier alpha value is -3.22. The fourth-order valence-corrected chi connectivity index (χ4v) is 3.34. The van der Waals surface area contributed by atoms with E-state index >= 15 is 0 Å². The molecule has 0 spiro atoms. The van der Waals surface area contributed by atoms with Gasteiger partial charge in [-0.2, -0.15) is 0 Å². The van der Waals surface area contributed by atoms with Crippen molar-refractivity contribution in [2.24, 2.45) is 0 Å². The summed E-state index contributed by atoms with van der Waals surface area (Å²) < 4.78 is 1.75. The standard InChI is InChI=1S/C20H22N6O/c1-15-3-4-16(2)18(13-15)24-9-11-25(12-10-24)20(27)17-5-6-19(23-22-17)26-8-7-21-14-26/h3-8,13-14H,9-12H2,1-2H3. The number of carbonyl (C=O) groups is 1. The number of rotatable bonds is 3. The minimum Gasteiger partial charge on any atom is -0.368 e. The molecule has 3 heterocycles.